The molecule has 0 aromatic rings. The van der Waals surface area contributed by atoms with Crippen LogP contribution in [0, 0.1) is 5.92 Å². The standard InChI is InChI=1S/C51H90N2O18/c1-43(54)39-68-34-30-64-26-16-19-46(56)41-70-36-33-67-29-25-53-49(59)42-71-37-31-65-27-17-20-47(57)40-69-35-32-66-28-24-52-48(58)23-22-44(51(62)63)38-45(55)18-14-12-10-8-6-4-2-3-5-7-9-11-13-15-21-50(60)61/h44H,2-42H2,1H3,(H,52,58)(H,53,59)(H,60,61)(H,62,63)/t44-/m1/s1. The van der Waals surface area contributed by atoms with Crippen LogP contribution in [0.25, 0.3) is 0 Å². The molecule has 0 aliphatic rings. The molecule has 0 heterocycles. The van der Waals surface area contributed by atoms with Crippen molar-refractivity contribution in [1.29, 1.82) is 0 Å². The van der Waals surface area contributed by atoms with E-state index in [0.717, 1.165) is 44.9 Å². The molecule has 0 spiro atoms. The van der Waals surface area contributed by atoms with Crippen LogP contribution < -0.4 is 10.6 Å². The Labute approximate surface area is 422 Å². The highest BCUT2D eigenvalue weighted by atomic mass is 16.5. The molecule has 0 bridgehead atoms. The number of hydrogen-bond acceptors (Lipinski definition) is 16. The van der Waals surface area contributed by atoms with Crippen LogP contribution in [0.15, 0.2) is 0 Å². The zero-order chi connectivity index (χ0) is 52.3. The Hall–Kier alpha value is -3.76. The van der Waals surface area contributed by atoms with Crippen LogP contribution in [-0.2, 0) is 76.3 Å². The van der Waals surface area contributed by atoms with Gasteiger partial charge in [-0.3, -0.25) is 38.4 Å². The molecule has 0 unspecified atom stereocenters. The number of nitrogens with one attached hydrogen (secondary N) is 2. The molecule has 0 rings (SSSR count). The van der Waals surface area contributed by atoms with Crippen LogP contribution in [0.5, 0.6) is 0 Å². The van der Waals surface area contributed by atoms with Crippen molar-refractivity contribution in [3.8, 4) is 0 Å². The summed E-state index contributed by atoms with van der Waals surface area (Å²) in [6, 6.07) is 0. The quantitative estimate of drug-likeness (QED) is 0.0555. The zero-order valence-corrected chi connectivity index (χ0v) is 43.0. The highest BCUT2D eigenvalue weighted by Gasteiger charge is 2.22. The number of amides is 2. The summed E-state index contributed by atoms with van der Waals surface area (Å²) in [4.78, 5) is 93.6. The number of ether oxygens (including phenoxy) is 8. The van der Waals surface area contributed by atoms with E-state index in [9.17, 15) is 43.5 Å². The number of carbonyl (C=O) groups excluding carboxylic acids is 6. The molecule has 2 amide bonds. The minimum Gasteiger partial charge on any atom is -0.481 e. The van der Waals surface area contributed by atoms with Gasteiger partial charge in [-0.1, -0.05) is 77.0 Å². The number of carboxylic acids is 2. The van der Waals surface area contributed by atoms with Gasteiger partial charge >= 0.3 is 11.9 Å². The minimum atomic E-state index is -1.07. The van der Waals surface area contributed by atoms with E-state index in [0.29, 0.717) is 58.7 Å². The summed E-state index contributed by atoms with van der Waals surface area (Å²) in [5, 5.41) is 23.6. The molecular weight excluding hydrogens is 929 g/mol. The summed E-state index contributed by atoms with van der Waals surface area (Å²) < 4.78 is 42.7. The molecule has 4 N–H and O–H groups in total. The Bertz CT molecular complexity index is 1400. The number of carboxylic acid groups (broad SMARTS) is 2. The molecule has 0 aliphatic carbocycles. The zero-order valence-electron chi connectivity index (χ0n) is 43.0. The van der Waals surface area contributed by atoms with Gasteiger partial charge in [-0.2, -0.15) is 0 Å². The van der Waals surface area contributed by atoms with Gasteiger partial charge in [0.05, 0.1) is 72.0 Å². The molecule has 1 atom stereocenters. The third-order valence-corrected chi connectivity index (χ3v) is 10.8. The van der Waals surface area contributed by atoms with E-state index < -0.39 is 17.9 Å². The van der Waals surface area contributed by atoms with Gasteiger partial charge in [-0.15, -0.1) is 0 Å². The van der Waals surface area contributed by atoms with E-state index in [1.54, 1.807) is 0 Å². The van der Waals surface area contributed by atoms with E-state index >= 15 is 0 Å². The fourth-order valence-corrected chi connectivity index (χ4v) is 6.90. The maximum atomic E-state index is 12.5. The molecule has 0 aromatic heterocycles. The second kappa shape index (κ2) is 51.2. The average molecular weight is 1020 g/mol. The first-order valence-electron chi connectivity index (χ1n) is 26.0. The summed E-state index contributed by atoms with van der Waals surface area (Å²) >= 11 is 0. The molecule has 0 saturated heterocycles. The summed E-state index contributed by atoms with van der Waals surface area (Å²) in [7, 11) is 0. The topological polar surface area (TPSA) is 275 Å². The lowest BCUT2D eigenvalue weighted by molar-refractivity contribution is -0.144. The van der Waals surface area contributed by atoms with Crippen LogP contribution in [0.4, 0.5) is 0 Å². The predicted molar refractivity (Wildman–Crippen MR) is 263 cm³/mol. The minimum absolute atomic E-state index is 0.00448. The maximum absolute atomic E-state index is 12.5. The molecule has 20 heteroatoms. The summed E-state index contributed by atoms with van der Waals surface area (Å²) in [5.74, 6) is -3.54. The average Bonchev–Trinajstić information content (AvgIpc) is 3.33. The van der Waals surface area contributed by atoms with Crippen LogP contribution in [-0.4, -0.2) is 176 Å². The van der Waals surface area contributed by atoms with Crippen molar-refractivity contribution in [2.75, 3.05) is 119 Å². The number of rotatable bonds is 57. The second-order valence-corrected chi connectivity index (χ2v) is 17.5. The molecule has 0 aromatic carbocycles. The summed E-state index contributed by atoms with van der Waals surface area (Å²) in [6.07, 6.45) is 17.6. The van der Waals surface area contributed by atoms with E-state index in [-0.39, 0.29) is 153 Å². The van der Waals surface area contributed by atoms with Crippen LogP contribution in [0.1, 0.15) is 155 Å². The lowest BCUT2D eigenvalue weighted by atomic mass is 9.94. The van der Waals surface area contributed by atoms with Gasteiger partial charge in [0.15, 0.2) is 17.3 Å². The van der Waals surface area contributed by atoms with E-state index in [4.69, 9.17) is 43.0 Å². The predicted octanol–water partition coefficient (Wildman–Crippen LogP) is 5.41. The lowest BCUT2D eigenvalue weighted by Gasteiger charge is -2.12. The fraction of sp³-hybridized carbons (Fsp3) is 0.843. The molecule has 71 heavy (non-hydrogen) atoms. The van der Waals surface area contributed by atoms with Gasteiger partial charge in [-0.25, -0.2) is 0 Å². The van der Waals surface area contributed by atoms with Crippen molar-refractivity contribution < 1.29 is 86.5 Å². The first kappa shape index (κ1) is 67.2. The third kappa shape index (κ3) is 52.4. The molecular formula is C51H90N2O18. The van der Waals surface area contributed by atoms with Gasteiger partial charge in [-0.05, 0) is 39.0 Å². The van der Waals surface area contributed by atoms with Gasteiger partial charge < -0.3 is 58.7 Å². The Morgan fingerprint density at radius 3 is 1.17 bits per heavy atom. The Balaban J connectivity index is 3.59. The molecule has 0 fully saturated rings. The highest BCUT2D eigenvalue weighted by Crippen LogP contribution is 2.17. The number of aliphatic carboxylic acids is 2. The third-order valence-electron chi connectivity index (χ3n) is 10.8. The van der Waals surface area contributed by atoms with Crippen LogP contribution in [0.3, 0.4) is 0 Å². The van der Waals surface area contributed by atoms with Crippen LogP contribution >= 0.6 is 0 Å². The summed E-state index contributed by atoms with van der Waals surface area (Å²) in [6.45, 7) is 5.26. The molecule has 412 valence electrons. The Kier molecular flexibility index (Phi) is 48.4. The van der Waals surface area contributed by atoms with Crippen LogP contribution in [0.2, 0.25) is 0 Å². The maximum Gasteiger partial charge on any atom is 0.306 e. The van der Waals surface area contributed by atoms with E-state index in [1.807, 2.05) is 0 Å². The van der Waals surface area contributed by atoms with E-state index in [1.165, 1.54) is 51.9 Å². The van der Waals surface area contributed by atoms with Gasteiger partial charge in [0.2, 0.25) is 11.8 Å². The normalized spacial score (nSPS) is 11.6. The number of Topliss-reactive ketones (excluding diaryl/α,β-unsaturated/α-hetero) is 4. The van der Waals surface area contributed by atoms with Gasteiger partial charge in [0.25, 0.3) is 0 Å². The lowest BCUT2D eigenvalue weighted by Crippen LogP contribution is -2.31. The van der Waals surface area contributed by atoms with Gasteiger partial charge in [0.1, 0.15) is 32.2 Å². The Morgan fingerprint density at radius 1 is 0.366 bits per heavy atom. The van der Waals surface area contributed by atoms with Gasteiger partial charge in [0, 0.05) is 64.8 Å². The highest BCUT2D eigenvalue weighted by molar-refractivity contribution is 5.84. The molecule has 0 aliphatic heterocycles. The molecule has 0 saturated carbocycles. The van der Waals surface area contributed by atoms with Crippen molar-refractivity contribution in [2.45, 2.75) is 155 Å². The monoisotopic (exact) mass is 1020 g/mol. The number of unbranched alkanes of at least 4 members (excludes halogenated alkanes) is 13. The second-order valence-electron chi connectivity index (χ2n) is 17.5. The van der Waals surface area contributed by atoms with Crippen molar-refractivity contribution in [1.82, 2.24) is 10.6 Å². The molecule has 20 nitrogen and oxygen atoms in total. The fourth-order valence-electron chi connectivity index (χ4n) is 6.90. The number of carbonyl (C=O) groups is 8. The first-order valence-corrected chi connectivity index (χ1v) is 26.0. The van der Waals surface area contributed by atoms with E-state index in [2.05, 4.69) is 10.6 Å². The Morgan fingerprint density at radius 2 is 0.732 bits per heavy atom. The number of hydrogen-bond donors (Lipinski definition) is 4. The smallest absolute Gasteiger partial charge is 0.306 e. The number of ketones is 4. The van der Waals surface area contributed by atoms with Crippen molar-refractivity contribution >= 4 is 46.9 Å². The summed E-state index contributed by atoms with van der Waals surface area (Å²) in [5.41, 5.74) is 0. The SMILES string of the molecule is CC(=O)COCCOCCCC(=O)COCCOCCNC(=O)COCCOCCCC(=O)COCCOCCNC(=O)CC[C@H](CC(=O)CCCCCCCCCCCCCCCCC(=O)O)C(=O)O. The first-order chi connectivity index (χ1) is 34.4. The largest absolute Gasteiger partial charge is 0.481 e. The van der Waals surface area contributed by atoms with Crippen molar-refractivity contribution in [3.05, 3.63) is 0 Å². The van der Waals surface area contributed by atoms with Crippen molar-refractivity contribution in [2.24, 2.45) is 5.92 Å². The van der Waals surface area contributed by atoms with Crippen molar-refractivity contribution in [3.63, 3.8) is 0 Å². The molecule has 0 radical (unpaired) electrons.